The van der Waals surface area contributed by atoms with E-state index in [1.807, 2.05) is 42.5 Å². The number of carbonyl (C=O) groups excluding carboxylic acids is 1. The number of hydrogen-bond donors (Lipinski definition) is 0. The van der Waals surface area contributed by atoms with Crippen LogP contribution >= 0.6 is 0 Å². The smallest absolute Gasteiger partial charge is 0.285 e. The van der Waals surface area contributed by atoms with E-state index < -0.39 is 14.2 Å². The van der Waals surface area contributed by atoms with E-state index in [1.165, 1.54) is 5.19 Å². The Balaban J connectivity index is 3.21. The SMILES string of the molecule is C=CC[Si](CC=C)(CC=C)c1ccc(N(CC)C(=O)F)cc1. The molecule has 1 rings (SSSR count). The summed E-state index contributed by atoms with van der Waals surface area (Å²) in [6.07, 6.45) is 4.44. The van der Waals surface area contributed by atoms with Gasteiger partial charge in [0.1, 0.15) is 0 Å². The highest BCUT2D eigenvalue weighted by Gasteiger charge is 2.31. The van der Waals surface area contributed by atoms with Crippen molar-refractivity contribution in [3.05, 3.63) is 62.2 Å². The van der Waals surface area contributed by atoms with Crippen LogP contribution in [0.2, 0.25) is 18.1 Å². The third kappa shape index (κ3) is 4.04. The molecule has 0 N–H and O–H groups in total. The van der Waals surface area contributed by atoms with Crippen molar-refractivity contribution >= 4 is 25.1 Å². The Bertz CT molecular complexity index is 512. The van der Waals surface area contributed by atoms with E-state index in [9.17, 15) is 9.18 Å². The zero-order chi connectivity index (χ0) is 16.6. The normalized spacial score (nSPS) is 10.8. The van der Waals surface area contributed by atoms with E-state index in [1.54, 1.807) is 6.92 Å². The summed E-state index contributed by atoms with van der Waals surface area (Å²) in [4.78, 5) is 12.1. The topological polar surface area (TPSA) is 20.3 Å². The molecule has 0 heterocycles. The molecule has 0 aliphatic heterocycles. The third-order valence-corrected chi connectivity index (χ3v) is 8.69. The number of halogens is 1. The summed E-state index contributed by atoms with van der Waals surface area (Å²) in [5, 5.41) is 1.25. The number of anilines is 1. The molecule has 1 aromatic rings. The second kappa shape index (κ2) is 8.49. The number of carbonyl (C=O) groups is 1. The minimum atomic E-state index is -1.82. The zero-order valence-electron chi connectivity index (χ0n) is 13.2. The first-order valence-electron chi connectivity index (χ1n) is 7.45. The summed E-state index contributed by atoms with van der Waals surface area (Å²) in [6.45, 7) is 13.7. The van der Waals surface area contributed by atoms with Crippen LogP contribution in [-0.4, -0.2) is 20.8 Å². The van der Waals surface area contributed by atoms with Gasteiger partial charge in [0.2, 0.25) is 0 Å². The van der Waals surface area contributed by atoms with Crippen molar-refractivity contribution in [3.63, 3.8) is 0 Å². The molecule has 118 valence electrons. The van der Waals surface area contributed by atoms with Gasteiger partial charge >= 0.3 is 6.16 Å². The fraction of sp³-hybridized carbons (Fsp3) is 0.278. The van der Waals surface area contributed by atoms with Gasteiger partial charge in [0, 0.05) is 12.2 Å². The molecule has 0 radical (unpaired) electrons. The molecule has 0 aliphatic rings. The molecule has 0 unspecified atom stereocenters. The van der Waals surface area contributed by atoms with Crippen molar-refractivity contribution in [1.82, 2.24) is 0 Å². The molecule has 0 spiro atoms. The van der Waals surface area contributed by atoms with E-state index in [0.717, 1.165) is 23.0 Å². The van der Waals surface area contributed by atoms with Crippen molar-refractivity contribution < 1.29 is 9.18 Å². The number of benzene rings is 1. The maximum absolute atomic E-state index is 13.0. The summed E-state index contributed by atoms with van der Waals surface area (Å²) < 4.78 is 13.0. The number of amides is 1. The van der Waals surface area contributed by atoms with E-state index >= 15 is 0 Å². The monoisotopic (exact) mass is 317 g/mol. The first kappa shape index (κ1) is 18.1. The Morgan fingerprint density at radius 1 is 1.09 bits per heavy atom. The molecule has 0 bridgehead atoms. The molecular weight excluding hydrogens is 293 g/mol. The Labute approximate surface area is 133 Å². The van der Waals surface area contributed by atoms with Gasteiger partial charge in [-0.3, -0.25) is 4.90 Å². The molecule has 1 amide bonds. The standard InChI is InChI=1S/C18H24FNOSi/c1-5-13-22(14-6-2,15-7-3)17-11-9-16(10-12-17)20(8-4)18(19)21/h5-7,9-12H,1-3,8,13-15H2,4H3. The van der Waals surface area contributed by atoms with Crippen LogP contribution in [-0.2, 0) is 0 Å². The van der Waals surface area contributed by atoms with Gasteiger partial charge < -0.3 is 0 Å². The maximum atomic E-state index is 13.0. The van der Waals surface area contributed by atoms with Crippen LogP contribution in [0.1, 0.15) is 6.92 Å². The maximum Gasteiger partial charge on any atom is 0.404 e. The summed E-state index contributed by atoms with van der Waals surface area (Å²) >= 11 is 0. The fourth-order valence-corrected chi connectivity index (χ4v) is 6.57. The molecule has 1 aromatic carbocycles. The zero-order valence-corrected chi connectivity index (χ0v) is 14.2. The van der Waals surface area contributed by atoms with Gasteiger partial charge in [0.15, 0.2) is 0 Å². The van der Waals surface area contributed by atoms with Gasteiger partial charge in [-0.1, -0.05) is 35.5 Å². The van der Waals surface area contributed by atoms with Crippen LogP contribution in [0.5, 0.6) is 0 Å². The van der Waals surface area contributed by atoms with Gasteiger partial charge in [-0.05, 0) is 37.2 Å². The lowest BCUT2D eigenvalue weighted by atomic mass is 10.3. The Hall–Kier alpha value is -1.94. The number of rotatable bonds is 9. The van der Waals surface area contributed by atoms with Crippen LogP contribution in [0, 0.1) is 0 Å². The predicted molar refractivity (Wildman–Crippen MR) is 96.4 cm³/mol. The van der Waals surface area contributed by atoms with Crippen molar-refractivity contribution in [2.75, 3.05) is 11.4 Å². The number of hydrogen-bond acceptors (Lipinski definition) is 1. The third-order valence-electron chi connectivity index (χ3n) is 3.93. The van der Waals surface area contributed by atoms with Gasteiger partial charge in [-0.15, -0.1) is 24.1 Å². The number of nitrogens with zero attached hydrogens (tertiary/aromatic N) is 1. The van der Waals surface area contributed by atoms with Gasteiger partial charge in [0.05, 0.1) is 8.07 Å². The second-order valence-electron chi connectivity index (χ2n) is 5.30. The van der Waals surface area contributed by atoms with Gasteiger partial charge in [0.25, 0.3) is 0 Å². The molecule has 2 nitrogen and oxygen atoms in total. The summed E-state index contributed by atoms with van der Waals surface area (Å²) in [7, 11) is -1.82. The minimum absolute atomic E-state index is 0.309. The highest BCUT2D eigenvalue weighted by molar-refractivity contribution is 6.92. The first-order chi connectivity index (χ1) is 10.5. The molecule has 22 heavy (non-hydrogen) atoms. The van der Waals surface area contributed by atoms with Crippen LogP contribution in [0.3, 0.4) is 0 Å². The molecule has 0 atom stereocenters. The lowest BCUT2D eigenvalue weighted by Crippen LogP contribution is -2.46. The molecular formula is C18H24FNOSi. The molecule has 0 fully saturated rings. The van der Waals surface area contributed by atoms with E-state index in [2.05, 4.69) is 19.7 Å². The van der Waals surface area contributed by atoms with Crippen LogP contribution in [0.25, 0.3) is 0 Å². The van der Waals surface area contributed by atoms with Crippen LogP contribution in [0.15, 0.2) is 62.2 Å². The average Bonchev–Trinajstić information content (AvgIpc) is 2.49. The lowest BCUT2D eigenvalue weighted by Gasteiger charge is -2.30. The van der Waals surface area contributed by atoms with Crippen molar-refractivity contribution in [3.8, 4) is 0 Å². The average molecular weight is 317 g/mol. The number of allylic oxidation sites excluding steroid dienone is 3. The second-order valence-corrected chi connectivity index (χ2v) is 9.67. The quantitative estimate of drug-likeness (QED) is 0.277. The molecule has 0 aromatic heterocycles. The van der Waals surface area contributed by atoms with E-state index in [-0.39, 0.29) is 0 Å². The van der Waals surface area contributed by atoms with E-state index in [4.69, 9.17) is 0 Å². The van der Waals surface area contributed by atoms with Crippen molar-refractivity contribution in [2.45, 2.75) is 25.1 Å². The highest BCUT2D eigenvalue weighted by Crippen LogP contribution is 2.24. The Morgan fingerprint density at radius 3 is 1.86 bits per heavy atom. The molecule has 4 heteroatoms. The first-order valence-corrected chi connectivity index (χ1v) is 10.1. The van der Waals surface area contributed by atoms with Crippen LogP contribution < -0.4 is 10.1 Å². The van der Waals surface area contributed by atoms with Crippen molar-refractivity contribution in [2.24, 2.45) is 0 Å². The largest absolute Gasteiger partial charge is 0.404 e. The summed E-state index contributed by atoms with van der Waals surface area (Å²) in [6, 6.07) is 10.4. The highest BCUT2D eigenvalue weighted by atomic mass is 28.3. The fourth-order valence-electron chi connectivity index (χ4n) is 2.84. The molecule has 0 saturated heterocycles. The van der Waals surface area contributed by atoms with E-state index in [0.29, 0.717) is 12.2 Å². The minimum Gasteiger partial charge on any atom is -0.285 e. The summed E-state index contributed by atoms with van der Waals surface area (Å²) in [5.74, 6) is 0. The lowest BCUT2D eigenvalue weighted by molar-refractivity contribution is 0.228. The van der Waals surface area contributed by atoms with Crippen molar-refractivity contribution in [1.29, 1.82) is 0 Å². The van der Waals surface area contributed by atoms with Crippen LogP contribution in [0.4, 0.5) is 14.9 Å². The van der Waals surface area contributed by atoms with Gasteiger partial charge in [-0.25, -0.2) is 4.79 Å². The Morgan fingerprint density at radius 2 is 1.55 bits per heavy atom. The Kier molecular flexibility index (Phi) is 6.99. The predicted octanol–water partition coefficient (Wildman–Crippen LogP) is 4.82. The molecule has 0 aliphatic carbocycles. The summed E-state index contributed by atoms with van der Waals surface area (Å²) in [5.41, 5.74) is 0.581. The van der Waals surface area contributed by atoms with Gasteiger partial charge in [-0.2, -0.15) is 0 Å². The molecule has 0 saturated carbocycles.